The molecule has 9 heteroatoms. The number of ether oxygens (including phenoxy) is 1. The topological polar surface area (TPSA) is 80.5 Å². The van der Waals surface area contributed by atoms with Crippen LogP contribution in [0.3, 0.4) is 0 Å². The SMILES string of the molecule is C[C@@H]1[C@@H]([Si](C)(C)F)[C@H](CCn2cc(C(CO)c3ccccc3)nn2)O[C@@H]1CCc1cccc(N2C(=O)CCc3ccccc32)c1. The predicted octanol–water partition coefficient (Wildman–Crippen LogP) is 6.98. The van der Waals surface area contributed by atoms with Gasteiger partial charge in [-0.25, -0.2) is 0 Å². The van der Waals surface area contributed by atoms with Crippen molar-refractivity contribution in [2.45, 2.75) is 82.3 Å². The molecule has 1 unspecified atom stereocenters. The minimum absolute atomic E-state index is 0.0494. The molecule has 0 radical (unpaired) electrons. The number of hydrogen-bond acceptors (Lipinski definition) is 5. The van der Waals surface area contributed by atoms with Gasteiger partial charge in [0.1, 0.15) is 0 Å². The first-order valence-electron chi connectivity index (χ1n) is 16.1. The number of halogens is 1. The summed E-state index contributed by atoms with van der Waals surface area (Å²) in [4.78, 5) is 14.8. The molecule has 4 aromatic rings. The van der Waals surface area contributed by atoms with Gasteiger partial charge in [0.25, 0.3) is 0 Å². The molecule has 45 heavy (non-hydrogen) atoms. The second-order valence-corrected chi connectivity index (χ2v) is 16.9. The largest absolute Gasteiger partial charge is 0.395 e. The minimum atomic E-state index is -3.02. The molecule has 5 atom stereocenters. The fourth-order valence-corrected chi connectivity index (χ4v) is 10.0. The van der Waals surface area contributed by atoms with Crippen molar-refractivity contribution in [3.05, 3.63) is 107 Å². The molecule has 236 valence electrons. The number of para-hydroxylation sites is 1. The molecule has 6 rings (SSSR count). The van der Waals surface area contributed by atoms with Crippen molar-refractivity contribution in [1.29, 1.82) is 0 Å². The van der Waals surface area contributed by atoms with E-state index in [0.717, 1.165) is 47.5 Å². The molecule has 2 aliphatic heterocycles. The van der Waals surface area contributed by atoms with E-state index in [1.807, 2.05) is 71.8 Å². The molecule has 1 amide bonds. The summed E-state index contributed by atoms with van der Waals surface area (Å²) in [5.74, 6) is -0.0206. The van der Waals surface area contributed by atoms with Crippen molar-refractivity contribution in [3.8, 4) is 0 Å². The van der Waals surface area contributed by atoms with Crippen LogP contribution in [0.2, 0.25) is 18.6 Å². The van der Waals surface area contributed by atoms with Crippen molar-refractivity contribution < 1.29 is 18.7 Å². The van der Waals surface area contributed by atoms with Crippen molar-refractivity contribution in [2.75, 3.05) is 11.5 Å². The van der Waals surface area contributed by atoms with Crippen LogP contribution in [0.25, 0.3) is 0 Å². The smallest absolute Gasteiger partial charge is 0.246 e. The lowest BCUT2D eigenvalue weighted by atomic mass is 9.94. The van der Waals surface area contributed by atoms with Gasteiger partial charge in [-0.05, 0) is 79.6 Å². The Morgan fingerprint density at radius 1 is 1.00 bits per heavy atom. The Hall–Kier alpha value is -3.66. The number of carbonyl (C=O) groups excluding carboxylic acids is 1. The highest BCUT2D eigenvalue weighted by molar-refractivity contribution is 6.72. The summed E-state index contributed by atoms with van der Waals surface area (Å²) >= 11 is 0. The molecule has 3 aromatic carbocycles. The van der Waals surface area contributed by atoms with Crippen molar-refractivity contribution in [2.24, 2.45) is 5.92 Å². The van der Waals surface area contributed by atoms with Crippen molar-refractivity contribution in [1.82, 2.24) is 15.0 Å². The van der Waals surface area contributed by atoms with Gasteiger partial charge >= 0.3 is 0 Å². The number of aromatic nitrogens is 3. The number of carbonyl (C=O) groups is 1. The third kappa shape index (κ3) is 6.81. The molecule has 3 heterocycles. The zero-order chi connectivity index (χ0) is 31.6. The van der Waals surface area contributed by atoms with Crippen LogP contribution in [0.1, 0.15) is 54.5 Å². The Morgan fingerprint density at radius 3 is 2.56 bits per heavy atom. The van der Waals surface area contributed by atoms with Crippen LogP contribution < -0.4 is 4.90 Å². The number of anilines is 2. The maximum Gasteiger partial charge on any atom is 0.246 e. The molecule has 7 nitrogen and oxygen atoms in total. The zero-order valence-electron chi connectivity index (χ0n) is 26.3. The number of aliphatic hydroxyl groups excluding tert-OH is 1. The quantitative estimate of drug-likeness (QED) is 0.144. The number of aliphatic hydroxyl groups is 1. The van der Waals surface area contributed by atoms with Crippen LogP contribution in [-0.2, 0) is 28.9 Å². The molecule has 0 bridgehead atoms. The fourth-order valence-electron chi connectivity index (χ4n) is 7.42. The molecule has 0 spiro atoms. The first-order chi connectivity index (χ1) is 21.7. The lowest BCUT2D eigenvalue weighted by molar-refractivity contribution is -0.118. The molecule has 0 saturated carbocycles. The predicted molar refractivity (Wildman–Crippen MR) is 177 cm³/mol. The van der Waals surface area contributed by atoms with E-state index in [2.05, 4.69) is 35.4 Å². The average Bonchev–Trinajstić information content (AvgIpc) is 3.63. The molecule has 1 N–H and O–H groups in total. The van der Waals surface area contributed by atoms with Crippen LogP contribution in [0, 0.1) is 5.92 Å². The Balaban J connectivity index is 1.12. The minimum Gasteiger partial charge on any atom is -0.395 e. The Kier molecular flexibility index (Phi) is 9.30. The monoisotopic (exact) mass is 626 g/mol. The lowest BCUT2D eigenvalue weighted by Crippen LogP contribution is -2.36. The molecule has 1 saturated heterocycles. The summed E-state index contributed by atoms with van der Waals surface area (Å²) < 4.78 is 24.2. The number of rotatable bonds is 11. The van der Waals surface area contributed by atoms with E-state index in [0.29, 0.717) is 19.4 Å². The number of fused-ring (bicyclic) bond motifs is 1. The van der Waals surface area contributed by atoms with Crippen molar-refractivity contribution >= 4 is 25.7 Å². The summed E-state index contributed by atoms with van der Waals surface area (Å²) in [5, 5.41) is 18.7. The highest BCUT2D eigenvalue weighted by atomic mass is 28.4. The van der Waals surface area contributed by atoms with Crippen LogP contribution in [0.4, 0.5) is 15.5 Å². The zero-order valence-corrected chi connectivity index (χ0v) is 27.3. The second kappa shape index (κ2) is 13.4. The van der Waals surface area contributed by atoms with Gasteiger partial charge < -0.3 is 14.0 Å². The van der Waals surface area contributed by atoms with Gasteiger partial charge in [-0.2, -0.15) is 0 Å². The van der Waals surface area contributed by atoms with E-state index in [9.17, 15) is 9.90 Å². The fraction of sp³-hybridized carbons (Fsp3) is 0.417. The Bertz CT molecular complexity index is 1610. The number of benzene rings is 3. The maximum absolute atomic E-state index is 15.8. The first kappa shape index (κ1) is 31.3. The first-order valence-corrected chi connectivity index (χ1v) is 19.1. The van der Waals surface area contributed by atoms with E-state index in [4.69, 9.17) is 4.74 Å². The summed E-state index contributed by atoms with van der Waals surface area (Å²) in [6.07, 6.45) is 5.14. The molecule has 0 aliphatic carbocycles. The standard InChI is InChI=1S/C36H43FN4O3Si/c1-25-33(18-16-26-10-9-14-29(22-26)41-32-15-8-7-13-28(32)17-19-35(41)43)44-34(36(25)45(2,3)37)20-21-40-23-31(38-39-40)30(24-42)27-11-5-4-6-12-27/h4-15,22-23,25,30,33-34,36,42H,16-21,24H2,1-3H3/t25-,30?,33+,34-,36+/m0/s1. The molecule has 1 fully saturated rings. The Labute approximate surface area is 266 Å². The Morgan fingerprint density at radius 2 is 1.78 bits per heavy atom. The van der Waals surface area contributed by atoms with E-state index in [1.165, 1.54) is 5.56 Å². The number of amides is 1. The summed E-state index contributed by atoms with van der Waals surface area (Å²) in [5.41, 5.74) is 5.78. The third-order valence-corrected chi connectivity index (χ3v) is 12.1. The number of nitrogens with zero attached hydrogens (tertiary/aromatic N) is 4. The lowest BCUT2D eigenvalue weighted by Gasteiger charge is -2.30. The van der Waals surface area contributed by atoms with Crippen LogP contribution in [-0.4, -0.2) is 53.2 Å². The van der Waals surface area contributed by atoms with Gasteiger partial charge in [0.2, 0.25) is 14.3 Å². The van der Waals surface area contributed by atoms with E-state index in [-0.39, 0.29) is 42.1 Å². The molecular formula is C36H43FN4O3Si. The average molecular weight is 627 g/mol. The second-order valence-electron chi connectivity index (χ2n) is 13.1. The van der Waals surface area contributed by atoms with Gasteiger partial charge in [-0.3, -0.25) is 14.4 Å². The summed E-state index contributed by atoms with van der Waals surface area (Å²) in [6.45, 7) is 6.25. The summed E-state index contributed by atoms with van der Waals surface area (Å²) in [6, 6.07) is 26.2. The van der Waals surface area contributed by atoms with Gasteiger partial charge in [0, 0.05) is 30.4 Å². The highest BCUT2D eigenvalue weighted by Crippen LogP contribution is 2.47. The van der Waals surface area contributed by atoms with Crippen molar-refractivity contribution in [3.63, 3.8) is 0 Å². The van der Waals surface area contributed by atoms with Crippen LogP contribution in [0.15, 0.2) is 85.1 Å². The van der Waals surface area contributed by atoms with Crippen LogP contribution >= 0.6 is 0 Å². The van der Waals surface area contributed by atoms with Gasteiger partial charge in [0.05, 0.1) is 36.1 Å². The normalized spacial score (nSPS) is 22.4. The number of aryl methyl sites for hydroxylation is 3. The summed E-state index contributed by atoms with van der Waals surface area (Å²) in [7, 11) is -3.02. The van der Waals surface area contributed by atoms with Crippen LogP contribution in [0.5, 0.6) is 0 Å². The molecule has 2 aliphatic rings. The molecule has 1 aromatic heterocycles. The molecular weight excluding hydrogens is 584 g/mol. The van der Waals surface area contributed by atoms with E-state index < -0.39 is 8.41 Å². The van der Waals surface area contributed by atoms with E-state index >= 15 is 4.11 Å². The van der Waals surface area contributed by atoms with Gasteiger partial charge in [0.15, 0.2) is 0 Å². The van der Waals surface area contributed by atoms with Gasteiger partial charge in [-0.15, -0.1) is 5.10 Å². The van der Waals surface area contributed by atoms with Gasteiger partial charge in [-0.1, -0.05) is 72.8 Å². The highest BCUT2D eigenvalue weighted by Gasteiger charge is 2.50. The number of hydrogen-bond donors (Lipinski definition) is 1. The van der Waals surface area contributed by atoms with E-state index in [1.54, 1.807) is 17.8 Å². The maximum atomic E-state index is 15.8. The third-order valence-electron chi connectivity index (χ3n) is 9.61.